The predicted molar refractivity (Wildman–Crippen MR) is 115 cm³/mol. The van der Waals surface area contributed by atoms with E-state index >= 15 is 0 Å². The summed E-state index contributed by atoms with van der Waals surface area (Å²) < 4.78 is 5.25. The van der Waals surface area contributed by atoms with Gasteiger partial charge in [0.05, 0.1) is 22.8 Å². The minimum absolute atomic E-state index is 0.0509. The van der Waals surface area contributed by atoms with E-state index in [1.807, 2.05) is 24.3 Å². The van der Waals surface area contributed by atoms with Gasteiger partial charge in [-0.1, -0.05) is 47.6 Å². The maximum absolute atomic E-state index is 12.4. The number of nitro groups is 1. The smallest absolute Gasteiger partial charge is 0.270 e. The van der Waals surface area contributed by atoms with Gasteiger partial charge in [-0.15, -0.1) is 0 Å². The molecule has 0 saturated carbocycles. The zero-order valence-electron chi connectivity index (χ0n) is 16.2. The monoisotopic (exact) mass is 415 g/mol. The Hall–Kier alpha value is -4.53. The lowest BCUT2D eigenvalue weighted by Gasteiger charge is -2.12. The van der Waals surface area contributed by atoms with Crippen LogP contribution in [0.25, 0.3) is 11.4 Å². The molecular weight excluding hydrogens is 398 g/mol. The van der Waals surface area contributed by atoms with Gasteiger partial charge in [0, 0.05) is 23.3 Å². The number of hydrogen-bond donors (Lipinski definition) is 2. The summed E-state index contributed by atoms with van der Waals surface area (Å²) in [6, 6.07) is 22.2. The normalized spacial score (nSPS) is 10.5. The molecule has 0 aliphatic heterocycles. The fourth-order valence-corrected chi connectivity index (χ4v) is 2.90. The van der Waals surface area contributed by atoms with E-state index in [4.69, 9.17) is 4.52 Å². The highest BCUT2D eigenvalue weighted by atomic mass is 16.6. The quantitative estimate of drug-likeness (QED) is 0.336. The number of anilines is 2. The molecular formula is C22H17N5O4. The molecule has 1 heterocycles. The van der Waals surface area contributed by atoms with E-state index in [-0.39, 0.29) is 24.0 Å². The molecule has 9 nitrogen and oxygen atoms in total. The van der Waals surface area contributed by atoms with Gasteiger partial charge in [-0.05, 0) is 24.3 Å². The minimum atomic E-state index is -0.479. The molecule has 0 bridgehead atoms. The highest BCUT2D eigenvalue weighted by molar-refractivity contribution is 6.05. The highest BCUT2D eigenvalue weighted by Gasteiger charge is 2.13. The Labute approximate surface area is 176 Å². The number of rotatable bonds is 7. The molecule has 0 spiro atoms. The number of para-hydroxylation sites is 2. The van der Waals surface area contributed by atoms with Crippen molar-refractivity contribution in [2.24, 2.45) is 0 Å². The van der Waals surface area contributed by atoms with Crippen molar-refractivity contribution in [2.75, 3.05) is 10.6 Å². The first-order chi connectivity index (χ1) is 15.1. The molecule has 0 atom stereocenters. The molecule has 9 heteroatoms. The van der Waals surface area contributed by atoms with Crippen LogP contribution in [0.3, 0.4) is 0 Å². The van der Waals surface area contributed by atoms with Gasteiger partial charge in [0.15, 0.2) is 0 Å². The molecule has 2 N–H and O–H groups in total. The maximum Gasteiger partial charge on any atom is 0.270 e. The second-order valence-electron chi connectivity index (χ2n) is 6.54. The van der Waals surface area contributed by atoms with Crippen LogP contribution in [-0.2, 0) is 6.54 Å². The van der Waals surface area contributed by atoms with Gasteiger partial charge in [-0.25, -0.2) is 0 Å². The van der Waals surface area contributed by atoms with Crippen molar-refractivity contribution in [3.05, 3.63) is 100 Å². The van der Waals surface area contributed by atoms with Gasteiger partial charge in [0.1, 0.15) is 0 Å². The number of aromatic nitrogens is 2. The first-order valence-electron chi connectivity index (χ1n) is 9.37. The van der Waals surface area contributed by atoms with E-state index in [2.05, 4.69) is 20.8 Å². The molecule has 1 aromatic heterocycles. The van der Waals surface area contributed by atoms with Crippen LogP contribution in [0, 0.1) is 10.1 Å². The topological polar surface area (TPSA) is 123 Å². The second kappa shape index (κ2) is 8.87. The largest absolute Gasteiger partial charge is 0.374 e. The zero-order valence-corrected chi connectivity index (χ0v) is 16.2. The summed E-state index contributed by atoms with van der Waals surface area (Å²) in [6.07, 6.45) is 0. The van der Waals surface area contributed by atoms with Gasteiger partial charge in [-0.2, -0.15) is 4.98 Å². The molecule has 4 rings (SSSR count). The number of nitro benzene ring substituents is 1. The molecule has 31 heavy (non-hydrogen) atoms. The summed E-state index contributed by atoms with van der Waals surface area (Å²) in [6.45, 7) is 0.208. The Morgan fingerprint density at radius 3 is 2.48 bits per heavy atom. The van der Waals surface area contributed by atoms with Crippen LogP contribution in [-0.4, -0.2) is 21.0 Å². The minimum Gasteiger partial charge on any atom is -0.374 e. The second-order valence-corrected chi connectivity index (χ2v) is 6.54. The lowest BCUT2D eigenvalue weighted by molar-refractivity contribution is -0.384. The molecule has 154 valence electrons. The lowest BCUT2D eigenvalue weighted by atomic mass is 10.2. The zero-order chi connectivity index (χ0) is 21.6. The Kier molecular flexibility index (Phi) is 5.66. The summed E-state index contributed by atoms with van der Waals surface area (Å²) in [5.41, 5.74) is 2.28. The number of carbonyl (C=O) groups excluding carboxylic acids is 1. The van der Waals surface area contributed by atoms with Crippen LogP contribution in [0.5, 0.6) is 0 Å². The molecule has 0 saturated heterocycles. The molecule has 0 unspecified atom stereocenters. The van der Waals surface area contributed by atoms with E-state index in [0.29, 0.717) is 28.4 Å². The van der Waals surface area contributed by atoms with Crippen molar-refractivity contribution in [1.29, 1.82) is 0 Å². The number of carbonyl (C=O) groups is 1. The van der Waals surface area contributed by atoms with Crippen LogP contribution in [0.15, 0.2) is 83.4 Å². The van der Waals surface area contributed by atoms with Crippen LogP contribution in [0.1, 0.15) is 16.2 Å². The third-order valence-electron chi connectivity index (χ3n) is 4.42. The van der Waals surface area contributed by atoms with E-state index in [9.17, 15) is 14.9 Å². The van der Waals surface area contributed by atoms with Gasteiger partial charge >= 0.3 is 0 Å². The standard InChI is InChI=1S/C22H17N5O4/c28-22(15-7-2-1-3-8-15)24-19-12-5-4-11-18(19)23-14-20-25-21(26-31-20)16-9-6-10-17(13-16)27(29)30/h1-13,23H,14H2,(H,24,28). The fraction of sp³-hybridized carbons (Fsp3) is 0.0455. The SMILES string of the molecule is O=C(Nc1ccccc1NCc1nc(-c2cccc([N+](=O)[O-])c2)no1)c1ccccc1. The fourth-order valence-electron chi connectivity index (χ4n) is 2.90. The summed E-state index contributed by atoms with van der Waals surface area (Å²) in [5, 5.41) is 20.9. The summed E-state index contributed by atoms with van der Waals surface area (Å²) in [4.78, 5) is 27.2. The van der Waals surface area contributed by atoms with Gasteiger partial charge in [-0.3, -0.25) is 14.9 Å². The molecule has 0 aliphatic carbocycles. The van der Waals surface area contributed by atoms with Crippen molar-refractivity contribution in [2.45, 2.75) is 6.54 Å². The number of benzene rings is 3. The van der Waals surface area contributed by atoms with Crippen LogP contribution in [0.4, 0.5) is 17.1 Å². The molecule has 0 aliphatic rings. The Morgan fingerprint density at radius 1 is 0.968 bits per heavy atom. The van der Waals surface area contributed by atoms with Gasteiger partial charge in [0.2, 0.25) is 11.7 Å². The molecule has 0 radical (unpaired) electrons. The van der Waals surface area contributed by atoms with Crippen molar-refractivity contribution in [3.8, 4) is 11.4 Å². The molecule has 3 aromatic carbocycles. The number of non-ortho nitro benzene ring substituents is 1. The van der Waals surface area contributed by atoms with Crippen molar-refractivity contribution >= 4 is 23.0 Å². The molecule has 1 amide bonds. The lowest BCUT2D eigenvalue weighted by Crippen LogP contribution is -2.13. The average molecular weight is 415 g/mol. The van der Waals surface area contributed by atoms with Crippen molar-refractivity contribution in [3.63, 3.8) is 0 Å². The summed E-state index contributed by atoms with van der Waals surface area (Å²) in [5.74, 6) is 0.331. The number of nitrogens with zero attached hydrogens (tertiary/aromatic N) is 3. The Morgan fingerprint density at radius 2 is 1.71 bits per heavy atom. The van der Waals surface area contributed by atoms with Gasteiger partial charge < -0.3 is 15.2 Å². The van der Waals surface area contributed by atoms with E-state index in [1.165, 1.54) is 12.1 Å². The molecule has 4 aromatic rings. The summed E-state index contributed by atoms with van der Waals surface area (Å²) in [7, 11) is 0. The maximum atomic E-state index is 12.4. The highest BCUT2D eigenvalue weighted by Crippen LogP contribution is 2.24. The van der Waals surface area contributed by atoms with E-state index < -0.39 is 4.92 Å². The van der Waals surface area contributed by atoms with E-state index in [0.717, 1.165) is 0 Å². The first-order valence-corrected chi connectivity index (χ1v) is 9.37. The third-order valence-corrected chi connectivity index (χ3v) is 4.42. The Balaban J connectivity index is 1.45. The number of nitrogens with one attached hydrogen (secondary N) is 2. The van der Waals surface area contributed by atoms with Crippen molar-refractivity contribution < 1.29 is 14.2 Å². The number of hydrogen-bond acceptors (Lipinski definition) is 7. The summed E-state index contributed by atoms with van der Waals surface area (Å²) >= 11 is 0. The van der Waals surface area contributed by atoms with Crippen molar-refractivity contribution in [1.82, 2.24) is 10.1 Å². The van der Waals surface area contributed by atoms with Crippen LogP contribution < -0.4 is 10.6 Å². The molecule has 0 fully saturated rings. The van der Waals surface area contributed by atoms with Crippen LogP contribution >= 0.6 is 0 Å². The Bertz CT molecular complexity index is 1220. The third kappa shape index (κ3) is 4.73. The van der Waals surface area contributed by atoms with Crippen LogP contribution in [0.2, 0.25) is 0 Å². The van der Waals surface area contributed by atoms with Gasteiger partial charge in [0.25, 0.3) is 11.6 Å². The van der Waals surface area contributed by atoms with E-state index in [1.54, 1.807) is 42.5 Å². The number of amides is 1. The predicted octanol–water partition coefficient (Wildman–Crippen LogP) is 4.51. The first kappa shape index (κ1) is 19.8. The average Bonchev–Trinajstić information content (AvgIpc) is 3.28.